The molecule has 0 unspecified atom stereocenters. The van der Waals surface area contributed by atoms with Gasteiger partial charge in [-0.05, 0) is 67.4 Å². The topological polar surface area (TPSA) is 44.5 Å². The van der Waals surface area contributed by atoms with Crippen LogP contribution in [0.4, 0.5) is 11.4 Å². The molecule has 0 amide bonds. The molecule has 0 atom stereocenters. The number of benzene rings is 7. The van der Waals surface area contributed by atoms with E-state index in [1.165, 1.54) is 66.5 Å². The van der Waals surface area contributed by atoms with Gasteiger partial charge in [0.1, 0.15) is 0 Å². The summed E-state index contributed by atoms with van der Waals surface area (Å²) < 4.78 is 0. The molecule has 0 spiro atoms. The monoisotopic (exact) mass is 650 g/mol. The van der Waals surface area contributed by atoms with Gasteiger partial charge in [0, 0.05) is 29.8 Å². The molecule has 0 saturated heterocycles. The molecule has 7 aromatic rings. The molecule has 1 aliphatic rings. The first-order valence-corrected chi connectivity index (χ1v) is 17.4. The molecule has 0 fully saturated rings. The SMILES string of the molecule is CC1(C)c2ccccc2-c2c1c(Nc1ccc(CN(Cc3ccccc3)N(N)Cc3ccccc3)cc1)c(-c1ccccc1)c1ccccc21. The predicted molar refractivity (Wildman–Crippen MR) is 209 cm³/mol. The predicted octanol–water partition coefficient (Wildman–Crippen LogP) is 10.8. The average Bonchev–Trinajstić information content (AvgIpc) is 3.40. The van der Waals surface area contributed by atoms with E-state index in [9.17, 15) is 0 Å². The summed E-state index contributed by atoms with van der Waals surface area (Å²) >= 11 is 0. The van der Waals surface area contributed by atoms with E-state index in [1.807, 2.05) is 11.2 Å². The van der Waals surface area contributed by atoms with Gasteiger partial charge < -0.3 is 5.32 Å². The summed E-state index contributed by atoms with van der Waals surface area (Å²) in [5, 5.41) is 10.6. The summed E-state index contributed by atoms with van der Waals surface area (Å²) in [4.78, 5) is 0. The van der Waals surface area contributed by atoms with E-state index in [2.05, 4.69) is 182 Å². The quantitative estimate of drug-likeness (QED) is 0.114. The molecule has 4 nitrogen and oxygen atoms in total. The highest BCUT2D eigenvalue weighted by Crippen LogP contribution is 2.57. The molecule has 8 rings (SSSR count). The lowest BCUT2D eigenvalue weighted by Gasteiger charge is -2.32. The number of hydrogen-bond donors (Lipinski definition) is 2. The second kappa shape index (κ2) is 13.4. The van der Waals surface area contributed by atoms with Crippen LogP contribution < -0.4 is 11.2 Å². The molecule has 0 saturated carbocycles. The first-order valence-electron chi connectivity index (χ1n) is 17.4. The third kappa shape index (κ3) is 5.99. The van der Waals surface area contributed by atoms with Crippen LogP contribution in [-0.2, 0) is 25.0 Å². The van der Waals surface area contributed by atoms with Crippen molar-refractivity contribution >= 4 is 22.1 Å². The van der Waals surface area contributed by atoms with Crippen molar-refractivity contribution in [2.75, 3.05) is 5.32 Å². The molecule has 3 N–H and O–H groups in total. The lowest BCUT2D eigenvalue weighted by molar-refractivity contribution is -0.0511. The molecular weight excluding hydrogens is 609 g/mol. The molecule has 0 heterocycles. The zero-order valence-electron chi connectivity index (χ0n) is 28.7. The van der Waals surface area contributed by atoms with Gasteiger partial charge in [-0.1, -0.05) is 166 Å². The molecule has 1 aliphatic carbocycles. The van der Waals surface area contributed by atoms with E-state index in [-0.39, 0.29) is 5.41 Å². The summed E-state index contributed by atoms with van der Waals surface area (Å²) in [5.74, 6) is 6.76. The lowest BCUT2D eigenvalue weighted by Crippen LogP contribution is -2.46. The van der Waals surface area contributed by atoms with Crippen molar-refractivity contribution in [1.82, 2.24) is 10.1 Å². The zero-order chi connectivity index (χ0) is 34.1. The van der Waals surface area contributed by atoms with Gasteiger partial charge in [-0.2, -0.15) is 5.12 Å². The van der Waals surface area contributed by atoms with Crippen LogP contribution in [0.15, 0.2) is 164 Å². The first-order chi connectivity index (χ1) is 24.5. The second-order valence-corrected chi connectivity index (χ2v) is 13.8. The van der Waals surface area contributed by atoms with Crippen LogP contribution in [0.2, 0.25) is 0 Å². The molecule has 7 aromatic carbocycles. The Hall–Kier alpha value is -5.52. The second-order valence-electron chi connectivity index (χ2n) is 13.8. The number of nitrogens with two attached hydrogens (primary N) is 1. The van der Waals surface area contributed by atoms with Crippen molar-refractivity contribution in [3.8, 4) is 22.3 Å². The van der Waals surface area contributed by atoms with Crippen LogP contribution in [0.5, 0.6) is 0 Å². The molecule has 4 heteroatoms. The normalized spacial score (nSPS) is 13.1. The summed E-state index contributed by atoms with van der Waals surface area (Å²) in [7, 11) is 0. The van der Waals surface area contributed by atoms with E-state index >= 15 is 0 Å². The Morgan fingerprint density at radius 3 is 1.66 bits per heavy atom. The minimum atomic E-state index is -0.191. The van der Waals surface area contributed by atoms with Crippen LogP contribution in [0.1, 0.15) is 41.7 Å². The van der Waals surface area contributed by atoms with Crippen LogP contribution >= 0.6 is 0 Å². The lowest BCUT2D eigenvalue weighted by atomic mass is 9.78. The Morgan fingerprint density at radius 1 is 0.520 bits per heavy atom. The minimum absolute atomic E-state index is 0.191. The number of hydrazine groups is 2. The fourth-order valence-corrected chi connectivity index (χ4v) is 7.70. The Balaban J connectivity index is 1.17. The molecular formula is C46H42N4. The molecule has 50 heavy (non-hydrogen) atoms. The van der Waals surface area contributed by atoms with E-state index in [4.69, 9.17) is 5.84 Å². The van der Waals surface area contributed by atoms with Gasteiger partial charge in [-0.3, -0.25) is 5.84 Å². The van der Waals surface area contributed by atoms with Crippen molar-refractivity contribution in [1.29, 1.82) is 0 Å². The van der Waals surface area contributed by atoms with E-state index in [0.717, 1.165) is 5.69 Å². The number of nitrogens with one attached hydrogen (secondary N) is 1. The summed E-state index contributed by atoms with van der Waals surface area (Å²) in [6.07, 6.45) is 0. The molecule has 0 radical (unpaired) electrons. The molecule has 0 aliphatic heterocycles. The Labute approximate surface area is 295 Å². The van der Waals surface area contributed by atoms with Gasteiger partial charge in [0.25, 0.3) is 0 Å². The highest BCUT2D eigenvalue weighted by atomic mass is 15.7. The third-order valence-corrected chi connectivity index (χ3v) is 10.1. The average molecular weight is 651 g/mol. The fourth-order valence-electron chi connectivity index (χ4n) is 7.70. The van der Waals surface area contributed by atoms with E-state index in [1.54, 1.807) is 0 Å². The maximum Gasteiger partial charge on any atom is 0.0538 e. The van der Waals surface area contributed by atoms with Crippen LogP contribution in [0.3, 0.4) is 0 Å². The van der Waals surface area contributed by atoms with Gasteiger partial charge in [0.15, 0.2) is 0 Å². The van der Waals surface area contributed by atoms with Gasteiger partial charge in [0.05, 0.1) is 12.2 Å². The third-order valence-electron chi connectivity index (χ3n) is 10.1. The maximum atomic E-state index is 6.76. The van der Waals surface area contributed by atoms with Gasteiger partial charge in [-0.25, -0.2) is 5.01 Å². The Morgan fingerprint density at radius 2 is 1.02 bits per heavy atom. The smallest absolute Gasteiger partial charge is 0.0538 e. The highest BCUT2D eigenvalue weighted by Gasteiger charge is 2.40. The van der Waals surface area contributed by atoms with Crippen LogP contribution in [-0.4, -0.2) is 10.1 Å². The standard InChI is InChI=1S/C46H42N4/c1-46(2)41-25-15-14-24-40(41)43-39-23-13-12-22-38(39)42(36-20-10-5-11-21-36)45(44(43)46)48-37-28-26-35(27-29-37)31-49(30-33-16-6-3-7-17-33)50(47)32-34-18-8-4-9-19-34/h3-29,48H,30-32,47H2,1-2H3. The summed E-state index contributed by atoms with van der Waals surface area (Å²) in [5.41, 5.74) is 13.4. The van der Waals surface area contributed by atoms with Crippen molar-refractivity contribution in [2.24, 2.45) is 5.84 Å². The van der Waals surface area contributed by atoms with Gasteiger partial charge >= 0.3 is 0 Å². The fraction of sp³-hybridized carbons (Fsp3) is 0.130. The number of nitrogens with zero attached hydrogens (tertiary/aromatic N) is 2. The van der Waals surface area contributed by atoms with Crippen molar-refractivity contribution in [3.05, 3.63) is 192 Å². The largest absolute Gasteiger partial charge is 0.355 e. The van der Waals surface area contributed by atoms with Crippen LogP contribution in [0.25, 0.3) is 33.0 Å². The van der Waals surface area contributed by atoms with Gasteiger partial charge in [-0.15, -0.1) is 0 Å². The molecule has 0 aromatic heterocycles. The summed E-state index contributed by atoms with van der Waals surface area (Å²) in [6, 6.07) is 58.4. The minimum Gasteiger partial charge on any atom is -0.355 e. The van der Waals surface area contributed by atoms with Crippen molar-refractivity contribution in [3.63, 3.8) is 0 Å². The Kier molecular flexibility index (Phi) is 8.51. The van der Waals surface area contributed by atoms with E-state index < -0.39 is 0 Å². The number of anilines is 2. The maximum absolute atomic E-state index is 6.76. The molecule has 246 valence electrons. The number of hydrogen-bond acceptors (Lipinski definition) is 4. The first kappa shape index (κ1) is 31.7. The highest BCUT2D eigenvalue weighted by molar-refractivity contribution is 6.14. The Bertz CT molecular complexity index is 2250. The van der Waals surface area contributed by atoms with Crippen molar-refractivity contribution < 1.29 is 0 Å². The van der Waals surface area contributed by atoms with Gasteiger partial charge in [0.2, 0.25) is 0 Å². The van der Waals surface area contributed by atoms with E-state index in [0.29, 0.717) is 19.6 Å². The zero-order valence-corrected chi connectivity index (χ0v) is 28.7. The summed E-state index contributed by atoms with van der Waals surface area (Å²) in [6.45, 7) is 6.75. The molecule has 0 bridgehead atoms. The van der Waals surface area contributed by atoms with Crippen LogP contribution in [0, 0.1) is 0 Å². The number of fused-ring (bicyclic) bond motifs is 5. The number of rotatable bonds is 10. The van der Waals surface area contributed by atoms with Crippen molar-refractivity contribution in [2.45, 2.75) is 38.9 Å².